The van der Waals surface area contributed by atoms with Crippen LogP contribution in [0.15, 0.2) is 36.5 Å². The Morgan fingerprint density at radius 2 is 1.10 bits per heavy atom. The van der Waals surface area contributed by atoms with Gasteiger partial charge in [-0.1, -0.05) is 147 Å². The summed E-state index contributed by atoms with van der Waals surface area (Å²) in [4.78, 5) is 27.4. The van der Waals surface area contributed by atoms with E-state index in [1.165, 1.54) is 103 Å². The van der Waals surface area contributed by atoms with Gasteiger partial charge in [-0.05, 0) is 78.4 Å². The van der Waals surface area contributed by atoms with Crippen LogP contribution in [0.2, 0.25) is 0 Å². The number of hydrogen-bond donors (Lipinski definition) is 1. The lowest BCUT2D eigenvalue weighted by Crippen LogP contribution is -2.46. The van der Waals surface area contributed by atoms with E-state index >= 15 is 0 Å². The first-order chi connectivity index (χ1) is 23.9. The highest BCUT2D eigenvalue weighted by molar-refractivity contribution is 5.76. The van der Waals surface area contributed by atoms with Gasteiger partial charge >= 0.3 is 5.97 Å². The van der Waals surface area contributed by atoms with Crippen LogP contribution in [0.25, 0.3) is 0 Å². The van der Waals surface area contributed by atoms with E-state index < -0.39 is 6.04 Å². The summed E-state index contributed by atoms with van der Waals surface area (Å²) >= 11 is 0. The van der Waals surface area contributed by atoms with E-state index in [1.54, 1.807) is 7.11 Å². The number of unbranched alkanes of at least 4 members (excludes halogenated alkanes) is 19. The van der Waals surface area contributed by atoms with Crippen molar-refractivity contribution in [2.24, 2.45) is 0 Å². The van der Waals surface area contributed by atoms with Gasteiger partial charge in [0.1, 0.15) is 6.61 Å². The summed E-state index contributed by atoms with van der Waals surface area (Å²) in [5.74, 6) is -0.227. The van der Waals surface area contributed by atoms with Crippen LogP contribution in [0, 0.1) is 0 Å². The number of rotatable bonds is 36. The SMILES string of the molecule is CCCCC/C=C\C/C=C\CCCCCCCC(=O)NC(COC(=O)CCCN(C)C)C(/C=C/CCCCCCCCCCCCC)OC. The van der Waals surface area contributed by atoms with Crippen molar-refractivity contribution in [1.82, 2.24) is 10.2 Å². The molecule has 0 aromatic carbocycles. The fourth-order valence-corrected chi connectivity index (χ4v) is 5.92. The number of carbonyl (C=O) groups is 2. The van der Waals surface area contributed by atoms with E-state index in [9.17, 15) is 9.59 Å². The zero-order valence-electron chi connectivity index (χ0n) is 33.0. The molecule has 1 amide bonds. The molecule has 6 nitrogen and oxygen atoms in total. The van der Waals surface area contributed by atoms with Gasteiger partial charge in [0.2, 0.25) is 5.91 Å². The first kappa shape index (κ1) is 47.1. The van der Waals surface area contributed by atoms with Crippen LogP contribution in [-0.4, -0.2) is 63.3 Å². The summed E-state index contributed by atoms with van der Waals surface area (Å²) in [5, 5.41) is 3.13. The average molecular weight is 689 g/mol. The number of amides is 1. The summed E-state index contributed by atoms with van der Waals surface area (Å²) in [5.41, 5.74) is 0. The highest BCUT2D eigenvalue weighted by Crippen LogP contribution is 2.13. The van der Waals surface area contributed by atoms with Gasteiger partial charge in [0.25, 0.3) is 0 Å². The molecule has 2 atom stereocenters. The fraction of sp³-hybridized carbons (Fsp3) is 0.814. The van der Waals surface area contributed by atoms with Crippen LogP contribution in [-0.2, 0) is 19.1 Å². The Morgan fingerprint density at radius 3 is 1.65 bits per heavy atom. The van der Waals surface area contributed by atoms with Gasteiger partial charge in [-0.2, -0.15) is 0 Å². The number of allylic oxidation sites excluding steroid dienone is 5. The van der Waals surface area contributed by atoms with Crippen LogP contribution >= 0.6 is 0 Å². The second kappa shape index (κ2) is 37.3. The third-order valence-corrected chi connectivity index (χ3v) is 9.08. The van der Waals surface area contributed by atoms with Crippen LogP contribution in [0.4, 0.5) is 0 Å². The number of methoxy groups -OCH3 is 1. The summed E-state index contributed by atoms with van der Waals surface area (Å²) in [6, 6.07) is -0.401. The first-order valence-electron chi connectivity index (χ1n) is 20.5. The highest BCUT2D eigenvalue weighted by atomic mass is 16.5. The van der Waals surface area contributed by atoms with E-state index in [0.29, 0.717) is 12.8 Å². The Hall–Kier alpha value is -1.92. The normalized spacial score (nSPS) is 13.3. The molecule has 0 aromatic rings. The van der Waals surface area contributed by atoms with Gasteiger partial charge in [-0.25, -0.2) is 0 Å². The largest absolute Gasteiger partial charge is 0.463 e. The van der Waals surface area contributed by atoms with Crippen molar-refractivity contribution in [2.45, 2.75) is 193 Å². The molecular formula is C43H80N2O4. The molecule has 0 aliphatic carbocycles. The minimum atomic E-state index is -0.401. The molecule has 49 heavy (non-hydrogen) atoms. The van der Waals surface area contributed by atoms with Crippen LogP contribution in [0.5, 0.6) is 0 Å². The topological polar surface area (TPSA) is 67.9 Å². The second-order valence-electron chi connectivity index (χ2n) is 14.2. The highest BCUT2D eigenvalue weighted by Gasteiger charge is 2.23. The van der Waals surface area contributed by atoms with E-state index in [4.69, 9.17) is 9.47 Å². The molecule has 0 bridgehead atoms. The Kier molecular flexibility index (Phi) is 35.9. The third kappa shape index (κ3) is 34.3. The zero-order chi connectivity index (χ0) is 36.0. The molecule has 0 saturated carbocycles. The summed E-state index contributed by atoms with van der Waals surface area (Å²) in [7, 11) is 5.66. The van der Waals surface area contributed by atoms with E-state index in [-0.39, 0.29) is 24.6 Å². The maximum Gasteiger partial charge on any atom is 0.305 e. The van der Waals surface area contributed by atoms with Crippen molar-refractivity contribution in [1.29, 1.82) is 0 Å². The molecule has 0 rings (SSSR count). The molecular weight excluding hydrogens is 608 g/mol. The van der Waals surface area contributed by atoms with Gasteiger partial charge in [0.15, 0.2) is 0 Å². The Balaban J connectivity index is 4.48. The predicted molar refractivity (Wildman–Crippen MR) is 211 cm³/mol. The molecule has 286 valence electrons. The van der Waals surface area contributed by atoms with Crippen molar-refractivity contribution in [3.8, 4) is 0 Å². The van der Waals surface area contributed by atoms with Crippen LogP contribution in [0.3, 0.4) is 0 Å². The molecule has 0 aliphatic heterocycles. The summed E-state index contributed by atoms with van der Waals surface area (Å²) in [6.07, 6.45) is 43.0. The minimum Gasteiger partial charge on any atom is -0.463 e. The zero-order valence-corrected chi connectivity index (χ0v) is 33.0. The molecule has 0 radical (unpaired) electrons. The lowest BCUT2D eigenvalue weighted by Gasteiger charge is -2.25. The van der Waals surface area contributed by atoms with Gasteiger partial charge < -0.3 is 19.7 Å². The van der Waals surface area contributed by atoms with Crippen molar-refractivity contribution in [3.63, 3.8) is 0 Å². The Morgan fingerprint density at radius 1 is 0.612 bits per heavy atom. The standard InChI is InChI=1S/C43H80N2O4/c1-6-8-10-12-14-16-18-20-21-23-25-27-29-31-33-36-42(46)44-40(39-49-43(47)37-34-38-45(3)4)41(48-5)35-32-30-28-26-24-22-19-17-15-13-11-9-7-2/h14,16,20-21,32,35,40-41H,6-13,15,17-19,22-31,33-34,36-39H2,1-5H3,(H,44,46)/b16-14-,21-20-,35-32+. The smallest absolute Gasteiger partial charge is 0.305 e. The first-order valence-corrected chi connectivity index (χ1v) is 20.5. The van der Waals surface area contributed by atoms with E-state index in [0.717, 1.165) is 57.9 Å². The third-order valence-electron chi connectivity index (χ3n) is 9.08. The van der Waals surface area contributed by atoms with Gasteiger partial charge in [-0.15, -0.1) is 0 Å². The van der Waals surface area contributed by atoms with Crippen molar-refractivity contribution < 1.29 is 19.1 Å². The molecule has 2 unspecified atom stereocenters. The number of nitrogens with zero attached hydrogens (tertiary/aromatic N) is 1. The number of ether oxygens (including phenoxy) is 2. The number of nitrogens with one attached hydrogen (secondary N) is 1. The molecule has 0 heterocycles. The van der Waals surface area contributed by atoms with E-state index in [1.807, 2.05) is 20.2 Å². The Bertz CT molecular complexity index is 823. The predicted octanol–water partition coefficient (Wildman–Crippen LogP) is 11.4. The number of hydrogen-bond acceptors (Lipinski definition) is 5. The van der Waals surface area contributed by atoms with Crippen molar-refractivity contribution in [2.75, 3.05) is 34.4 Å². The molecule has 0 spiro atoms. The molecule has 6 heteroatoms. The molecule has 0 aromatic heterocycles. The van der Waals surface area contributed by atoms with Gasteiger partial charge in [0, 0.05) is 20.0 Å². The average Bonchev–Trinajstić information content (AvgIpc) is 3.08. The van der Waals surface area contributed by atoms with Crippen LogP contribution < -0.4 is 5.32 Å². The minimum absolute atomic E-state index is 0.000141. The van der Waals surface area contributed by atoms with Crippen molar-refractivity contribution in [3.05, 3.63) is 36.5 Å². The lowest BCUT2D eigenvalue weighted by atomic mass is 10.0. The number of carbonyl (C=O) groups excluding carboxylic acids is 2. The van der Waals surface area contributed by atoms with Gasteiger partial charge in [0.05, 0.1) is 12.1 Å². The Labute approximate surface area is 304 Å². The lowest BCUT2D eigenvalue weighted by molar-refractivity contribution is -0.146. The summed E-state index contributed by atoms with van der Waals surface area (Å²) in [6.45, 7) is 5.47. The quantitative estimate of drug-likeness (QED) is 0.0403. The van der Waals surface area contributed by atoms with Crippen LogP contribution in [0.1, 0.15) is 181 Å². The monoisotopic (exact) mass is 689 g/mol. The molecule has 0 aliphatic rings. The maximum atomic E-state index is 12.9. The second-order valence-corrected chi connectivity index (χ2v) is 14.2. The molecule has 0 fully saturated rings. The molecule has 0 saturated heterocycles. The summed E-state index contributed by atoms with van der Waals surface area (Å²) < 4.78 is 11.4. The van der Waals surface area contributed by atoms with Gasteiger partial charge in [-0.3, -0.25) is 9.59 Å². The fourth-order valence-electron chi connectivity index (χ4n) is 5.92. The molecule has 1 N–H and O–H groups in total. The maximum absolute atomic E-state index is 12.9. The van der Waals surface area contributed by atoms with Crippen molar-refractivity contribution >= 4 is 11.9 Å². The number of esters is 1. The van der Waals surface area contributed by atoms with E-state index in [2.05, 4.69) is 54.4 Å².